The van der Waals surface area contributed by atoms with E-state index in [9.17, 15) is 4.79 Å². The predicted octanol–water partition coefficient (Wildman–Crippen LogP) is 1.98. The average molecular weight is 251 g/mol. The van der Waals surface area contributed by atoms with Crippen LogP contribution in [-0.2, 0) is 5.41 Å². The first-order valence-corrected chi connectivity index (χ1v) is 6.20. The van der Waals surface area contributed by atoms with Gasteiger partial charge in [0.2, 0.25) is 0 Å². The van der Waals surface area contributed by atoms with Gasteiger partial charge in [-0.15, -0.1) is 17.4 Å². The SMILES string of the molecule is C#CCC(C)NC(=O)c1snnc1C(C)(C)C. The summed E-state index contributed by atoms with van der Waals surface area (Å²) in [5.74, 6) is 2.37. The van der Waals surface area contributed by atoms with Crippen molar-refractivity contribution in [1.29, 1.82) is 0 Å². The molecular formula is C12H17N3OS. The molecule has 1 aromatic heterocycles. The first-order valence-electron chi connectivity index (χ1n) is 5.43. The van der Waals surface area contributed by atoms with Crippen LogP contribution < -0.4 is 5.32 Å². The second-order valence-electron chi connectivity index (χ2n) is 4.98. The van der Waals surface area contributed by atoms with Crippen LogP contribution in [-0.4, -0.2) is 21.5 Å². The summed E-state index contributed by atoms with van der Waals surface area (Å²) in [6, 6.07) is -0.0394. The Morgan fingerprint density at radius 2 is 2.24 bits per heavy atom. The molecule has 1 N–H and O–H groups in total. The first kappa shape index (κ1) is 13.7. The number of terminal acetylenes is 1. The largest absolute Gasteiger partial charge is 0.348 e. The van der Waals surface area contributed by atoms with Gasteiger partial charge in [-0.05, 0) is 18.5 Å². The number of nitrogens with one attached hydrogen (secondary N) is 1. The van der Waals surface area contributed by atoms with Gasteiger partial charge in [0, 0.05) is 17.9 Å². The molecule has 4 nitrogen and oxygen atoms in total. The van der Waals surface area contributed by atoms with Gasteiger partial charge >= 0.3 is 0 Å². The van der Waals surface area contributed by atoms with Crippen LogP contribution >= 0.6 is 11.5 Å². The molecule has 0 bridgehead atoms. The van der Waals surface area contributed by atoms with Crippen LogP contribution in [0, 0.1) is 12.3 Å². The molecule has 0 aromatic carbocycles. The second kappa shape index (κ2) is 5.28. The number of hydrogen-bond acceptors (Lipinski definition) is 4. The Hall–Kier alpha value is -1.41. The van der Waals surface area contributed by atoms with Crippen molar-refractivity contribution >= 4 is 17.4 Å². The fourth-order valence-electron chi connectivity index (χ4n) is 1.35. The smallest absolute Gasteiger partial charge is 0.265 e. The lowest BCUT2D eigenvalue weighted by atomic mass is 9.91. The lowest BCUT2D eigenvalue weighted by Gasteiger charge is -2.17. The van der Waals surface area contributed by atoms with Crippen LogP contribution in [0.2, 0.25) is 0 Å². The molecular weight excluding hydrogens is 234 g/mol. The number of carbonyl (C=O) groups is 1. The van der Waals surface area contributed by atoms with E-state index in [-0.39, 0.29) is 17.4 Å². The van der Waals surface area contributed by atoms with Crippen molar-refractivity contribution in [2.45, 2.75) is 45.6 Å². The van der Waals surface area contributed by atoms with E-state index in [0.717, 1.165) is 17.2 Å². The topological polar surface area (TPSA) is 54.9 Å². The van der Waals surface area contributed by atoms with E-state index in [0.29, 0.717) is 11.3 Å². The Balaban J connectivity index is 2.84. The minimum absolute atomic E-state index is 0.0394. The molecule has 17 heavy (non-hydrogen) atoms. The Labute approximate surface area is 106 Å². The Morgan fingerprint density at radius 3 is 2.76 bits per heavy atom. The molecule has 1 unspecified atom stereocenters. The highest BCUT2D eigenvalue weighted by Gasteiger charge is 2.26. The maximum absolute atomic E-state index is 12.0. The van der Waals surface area contributed by atoms with Crippen LogP contribution in [0.1, 0.15) is 49.5 Å². The lowest BCUT2D eigenvalue weighted by Crippen LogP contribution is -2.33. The quantitative estimate of drug-likeness (QED) is 0.836. The fourth-order valence-corrected chi connectivity index (χ4v) is 2.13. The predicted molar refractivity (Wildman–Crippen MR) is 69.0 cm³/mol. The van der Waals surface area contributed by atoms with E-state index in [1.54, 1.807) is 0 Å². The molecule has 0 saturated heterocycles. The highest BCUT2D eigenvalue weighted by molar-refractivity contribution is 7.08. The standard InChI is InChI=1S/C12H17N3OS/c1-6-7-8(2)13-11(16)9-10(12(3,4)5)14-15-17-9/h1,8H,7H2,2-5H3,(H,13,16). The van der Waals surface area contributed by atoms with Crippen molar-refractivity contribution in [3.63, 3.8) is 0 Å². The molecule has 0 aliphatic heterocycles. The summed E-state index contributed by atoms with van der Waals surface area (Å²) in [6.07, 6.45) is 5.72. The molecule has 0 spiro atoms. The summed E-state index contributed by atoms with van der Waals surface area (Å²) >= 11 is 1.12. The van der Waals surface area contributed by atoms with Crippen LogP contribution in [0.3, 0.4) is 0 Å². The number of hydrogen-bond donors (Lipinski definition) is 1. The van der Waals surface area contributed by atoms with Gasteiger partial charge in [-0.2, -0.15) is 0 Å². The van der Waals surface area contributed by atoms with Crippen LogP contribution in [0.15, 0.2) is 0 Å². The Morgan fingerprint density at radius 1 is 1.59 bits per heavy atom. The molecule has 1 atom stereocenters. The molecule has 1 aromatic rings. The molecule has 0 fully saturated rings. The Bertz CT molecular complexity index is 439. The van der Waals surface area contributed by atoms with E-state index in [1.165, 1.54) is 0 Å². The zero-order chi connectivity index (χ0) is 13.1. The minimum Gasteiger partial charge on any atom is -0.348 e. The molecule has 5 heteroatoms. The Kier molecular flexibility index (Phi) is 4.24. The van der Waals surface area contributed by atoms with E-state index in [1.807, 2.05) is 27.7 Å². The van der Waals surface area contributed by atoms with Gasteiger partial charge in [0.1, 0.15) is 4.88 Å². The minimum atomic E-state index is -0.185. The summed E-state index contributed by atoms with van der Waals surface area (Å²) in [7, 11) is 0. The molecule has 1 rings (SSSR count). The van der Waals surface area contributed by atoms with E-state index >= 15 is 0 Å². The molecule has 0 radical (unpaired) electrons. The highest BCUT2D eigenvalue weighted by atomic mass is 32.1. The van der Waals surface area contributed by atoms with Crippen molar-refractivity contribution < 1.29 is 4.79 Å². The number of nitrogens with zero attached hydrogens (tertiary/aromatic N) is 2. The van der Waals surface area contributed by atoms with E-state index < -0.39 is 0 Å². The van der Waals surface area contributed by atoms with Gasteiger partial charge in [-0.3, -0.25) is 4.79 Å². The number of rotatable bonds is 3. The van der Waals surface area contributed by atoms with Gasteiger partial charge in [0.15, 0.2) is 0 Å². The van der Waals surface area contributed by atoms with Crippen LogP contribution in [0.25, 0.3) is 0 Å². The third kappa shape index (κ3) is 3.53. The number of carbonyl (C=O) groups excluding carboxylic acids is 1. The summed E-state index contributed by atoms with van der Waals surface area (Å²) in [5.41, 5.74) is 0.544. The zero-order valence-corrected chi connectivity index (χ0v) is 11.4. The number of aromatic nitrogens is 2. The van der Waals surface area contributed by atoms with Crippen molar-refractivity contribution in [3.05, 3.63) is 10.6 Å². The summed E-state index contributed by atoms with van der Waals surface area (Å²) in [5, 5.41) is 6.87. The number of amides is 1. The molecule has 1 amide bonds. The maximum Gasteiger partial charge on any atom is 0.265 e. The summed E-state index contributed by atoms with van der Waals surface area (Å²) < 4.78 is 3.85. The summed E-state index contributed by atoms with van der Waals surface area (Å²) in [4.78, 5) is 12.6. The molecule has 1 heterocycles. The normalized spacial score (nSPS) is 12.9. The van der Waals surface area contributed by atoms with Gasteiger partial charge < -0.3 is 5.32 Å². The lowest BCUT2D eigenvalue weighted by molar-refractivity contribution is 0.0942. The van der Waals surface area contributed by atoms with Crippen molar-refractivity contribution in [2.24, 2.45) is 0 Å². The molecule has 92 valence electrons. The first-order chi connectivity index (χ1) is 7.86. The monoisotopic (exact) mass is 251 g/mol. The van der Waals surface area contributed by atoms with Crippen molar-refractivity contribution in [1.82, 2.24) is 14.9 Å². The van der Waals surface area contributed by atoms with Gasteiger partial charge in [-0.25, -0.2) is 0 Å². The highest BCUT2D eigenvalue weighted by Crippen LogP contribution is 2.25. The molecule has 0 aliphatic rings. The van der Waals surface area contributed by atoms with Crippen LogP contribution in [0.5, 0.6) is 0 Å². The maximum atomic E-state index is 12.0. The van der Waals surface area contributed by atoms with Gasteiger partial charge in [0.05, 0.1) is 5.69 Å². The van der Waals surface area contributed by atoms with E-state index in [4.69, 9.17) is 6.42 Å². The average Bonchev–Trinajstić information content (AvgIpc) is 2.65. The fraction of sp³-hybridized carbons (Fsp3) is 0.583. The van der Waals surface area contributed by atoms with Crippen molar-refractivity contribution in [2.75, 3.05) is 0 Å². The second-order valence-corrected chi connectivity index (χ2v) is 5.74. The van der Waals surface area contributed by atoms with Gasteiger partial charge in [-0.1, -0.05) is 25.3 Å². The third-order valence-corrected chi connectivity index (χ3v) is 2.93. The van der Waals surface area contributed by atoms with E-state index in [2.05, 4.69) is 20.8 Å². The van der Waals surface area contributed by atoms with Crippen molar-refractivity contribution in [3.8, 4) is 12.3 Å². The third-order valence-electron chi connectivity index (χ3n) is 2.21. The summed E-state index contributed by atoms with van der Waals surface area (Å²) in [6.45, 7) is 7.89. The molecule has 0 saturated carbocycles. The zero-order valence-electron chi connectivity index (χ0n) is 10.6. The van der Waals surface area contributed by atoms with Gasteiger partial charge in [0.25, 0.3) is 5.91 Å². The van der Waals surface area contributed by atoms with Crippen LogP contribution in [0.4, 0.5) is 0 Å². The molecule has 0 aliphatic carbocycles.